The summed E-state index contributed by atoms with van der Waals surface area (Å²) in [6.45, 7) is 0.533. The molecule has 4 rings (SSSR count). The fourth-order valence-corrected chi connectivity index (χ4v) is 3.66. The fraction of sp³-hybridized carbons (Fsp3) is 0.136. The highest BCUT2D eigenvalue weighted by molar-refractivity contribution is 6.01. The highest BCUT2D eigenvalue weighted by atomic mass is 16.6. The second-order valence-electron chi connectivity index (χ2n) is 6.56. The van der Waals surface area contributed by atoms with Crippen LogP contribution >= 0.6 is 0 Å². The van der Waals surface area contributed by atoms with Gasteiger partial charge in [0.1, 0.15) is 0 Å². The number of fused-ring (bicyclic) bond motifs is 1. The Morgan fingerprint density at radius 3 is 2.07 bits per heavy atom. The summed E-state index contributed by atoms with van der Waals surface area (Å²) < 4.78 is 0. The smallest absolute Gasteiger partial charge is 0.269 e. The van der Waals surface area contributed by atoms with E-state index in [0.717, 1.165) is 22.4 Å². The molecule has 3 aromatic carbocycles. The van der Waals surface area contributed by atoms with Gasteiger partial charge in [-0.15, -0.1) is 0 Å². The minimum Gasteiger partial charge on any atom is -0.311 e. The summed E-state index contributed by atoms with van der Waals surface area (Å²) in [5.41, 5.74) is 3.54. The van der Waals surface area contributed by atoms with Crippen LogP contribution in [0.4, 0.5) is 11.4 Å². The van der Waals surface area contributed by atoms with E-state index < -0.39 is 10.8 Å². The normalized spacial score (nSPS) is 12.9. The van der Waals surface area contributed by atoms with E-state index >= 15 is 0 Å². The van der Waals surface area contributed by atoms with Gasteiger partial charge in [0, 0.05) is 24.4 Å². The highest BCUT2D eigenvalue weighted by Crippen LogP contribution is 2.35. The van der Waals surface area contributed by atoms with Gasteiger partial charge in [-0.1, -0.05) is 60.7 Å². The zero-order chi connectivity index (χ0) is 18.8. The van der Waals surface area contributed by atoms with Gasteiger partial charge >= 0.3 is 0 Å². The molecule has 0 radical (unpaired) electrons. The molecule has 0 atom stereocenters. The van der Waals surface area contributed by atoms with Crippen LogP contribution in [0.3, 0.4) is 0 Å². The molecule has 134 valence electrons. The second kappa shape index (κ2) is 7.03. The number of benzene rings is 3. The van der Waals surface area contributed by atoms with Gasteiger partial charge in [-0.25, -0.2) is 0 Å². The highest BCUT2D eigenvalue weighted by Gasteiger charge is 2.32. The molecular weight excluding hydrogens is 340 g/mol. The van der Waals surface area contributed by atoms with Crippen molar-refractivity contribution in [2.24, 2.45) is 0 Å². The third-order valence-electron chi connectivity index (χ3n) is 4.95. The first-order valence-electron chi connectivity index (χ1n) is 8.84. The van der Waals surface area contributed by atoms with Gasteiger partial charge in [-0.3, -0.25) is 14.9 Å². The number of nitro groups is 1. The number of hydrogen-bond acceptors (Lipinski definition) is 3. The standard InChI is InChI=1S/C22H18N2O3/c25-22(23-14-13-18-15-19(24(26)27)11-12-20(18)23)21(16-7-3-1-4-8-16)17-9-5-2-6-10-17/h1-12,15,21H,13-14H2. The van der Waals surface area contributed by atoms with Crippen molar-refractivity contribution >= 4 is 17.3 Å². The lowest BCUT2D eigenvalue weighted by Gasteiger charge is -2.25. The first-order chi connectivity index (χ1) is 13.1. The Morgan fingerprint density at radius 1 is 0.926 bits per heavy atom. The Labute approximate surface area is 157 Å². The molecule has 3 aromatic rings. The number of anilines is 1. The van der Waals surface area contributed by atoms with Crippen LogP contribution < -0.4 is 4.90 Å². The van der Waals surface area contributed by atoms with Crippen LogP contribution in [0.2, 0.25) is 0 Å². The third-order valence-corrected chi connectivity index (χ3v) is 4.95. The number of non-ortho nitro benzene ring substituents is 1. The Balaban J connectivity index is 1.73. The maximum atomic E-state index is 13.5. The lowest BCUT2D eigenvalue weighted by atomic mass is 9.90. The number of nitrogens with zero attached hydrogens (tertiary/aromatic N) is 2. The summed E-state index contributed by atoms with van der Waals surface area (Å²) in [7, 11) is 0. The van der Waals surface area contributed by atoms with Crippen molar-refractivity contribution in [2.45, 2.75) is 12.3 Å². The quantitative estimate of drug-likeness (QED) is 0.515. The Morgan fingerprint density at radius 2 is 1.52 bits per heavy atom. The van der Waals surface area contributed by atoms with E-state index in [2.05, 4.69) is 0 Å². The molecule has 0 unspecified atom stereocenters. The van der Waals surface area contributed by atoms with Crippen LogP contribution in [-0.4, -0.2) is 17.4 Å². The number of rotatable bonds is 4. The summed E-state index contributed by atoms with van der Waals surface area (Å²) in [5, 5.41) is 11.0. The van der Waals surface area contributed by atoms with Crippen molar-refractivity contribution in [2.75, 3.05) is 11.4 Å². The molecule has 0 saturated carbocycles. The van der Waals surface area contributed by atoms with Crippen molar-refractivity contribution in [3.05, 3.63) is 106 Å². The summed E-state index contributed by atoms with van der Waals surface area (Å²) in [6, 6.07) is 24.1. The van der Waals surface area contributed by atoms with Crippen molar-refractivity contribution in [1.29, 1.82) is 0 Å². The first-order valence-corrected chi connectivity index (χ1v) is 8.84. The van der Waals surface area contributed by atoms with Crippen LogP contribution in [0.15, 0.2) is 78.9 Å². The lowest BCUT2D eigenvalue weighted by molar-refractivity contribution is -0.384. The largest absolute Gasteiger partial charge is 0.311 e. The van der Waals surface area contributed by atoms with E-state index in [9.17, 15) is 14.9 Å². The van der Waals surface area contributed by atoms with Crippen LogP contribution in [0.25, 0.3) is 0 Å². The Bertz CT molecular complexity index is 947. The van der Waals surface area contributed by atoms with Gasteiger partial charge in [0.05, 0.1) is 10.8 Å². The van der Waals surface area contributed by atoms with E-state index in [1.807, 2.05) is 60.7 Å². The topological polar surface area (TPSA) is 63.5 Å². The number of amides is 1. The van der Waals surface area contributed by atoms with Gasteiger partial charge in [-0.2, -0.15) is 0 Å². The molecule has 1 aliphatic rings. The molecule has 5 heteroatoms. The predicted octanol–water partition coefficient (Wildman–Crippen LogP) is 4.32. The molecule has 0 saturated heterocycles. The monoisotopic (exact) mass is 358 g/mol. The molecule has 1 amide bonds. The van der Waals surface area contributed by atoms with E-state index in [-0.39, 0.29) is 11.6 Å². The molecular formula is C22H18N2O3. The Hall–Kier alpha value is -3.47. The van der Waals surface area contributed by atoms with Gasteiger partial charge in [0.15, 0.2) is 0 Å². The van der Waals surface area contributed by atoms with Gasteiger partial charge in [-0.05, 0) is 29.2 Å². The minimum atomic E-state index is -0.409. The van der Waals surface area contributed by atoms with E-state index in [4.69, 9.17) is 0 Å². The summed E-state index contributed by atoms with van der Waals surface area (Å²) in [6.07, 6.45) is 0.624. The molecule has 0 aliphatic carbocycles. The molecule has 0 aromatic heterocycles. The SMILES string of the molecule is O=C(C(c1ccccc1)c1ccccc1)N1CCc2cc([N+](=O)[O-])ccc21. The summed E-state index contributed by atoms with van der Waals surface area (Å²) in [5.74, 6) is -0.423. The van der Waals surface area contributed by atoms with Crippen LogP contribution in [-0.2, 0) is 11.2 Å². The summed E-state index contributed by atoms with van der Waals surface area (Å²) in [4.78, 5) is 25.9. The van der Waals surface area contributed by atoms with Gasteiger partial charge in [0.25, 0.3) is 5.69 Å². The molecule has 1 heterocycles. The fourth-order valence-electron chi connectivity index (χ4n) is 3.66. The maximum absolute atomic E-state index is 13.5. The first kappa shape index (κ1) is 17.0. The molecule has 0 spiro atoms. The third kappa shape index (κ3) is 3.19. The summed E-state index contributed by atoms with van der Waals surface area (Å²) >= 11 is 0. The molecule has 1 aliphatic heterocycles. The van der Waals surface area contributed by atoms with Crippen LogP contribution in [0, 0.1) is 10.1 Å². The number of carbonyl (C=O) groups excluding carboxylic acids is 1. The van der Waals surface area contributed by atoms with Gasteiger partial charge in [0.2, 0.25) is 5.91 Å². The zero-order valence-electron chi connectivity index (χ0n) is 14.6. The van der Waals surface area contributed by atoms with E-state index in [0.29, 0.717) is 13.0 Å². The van der Waals surface area contributed by atoms with Gasteiger partial charge < -0.3 is 4.90 Å². The van der Waals surface area contributed by atoms with E-state index in [1.165, 1.54) is 6.07 Å². The molecule has 0 N–H and O–H groups in total. The van der Waals surface area contributed by atoms with Crippen molar-refractivity contribution in [1.82, 2.24) is 0 Å². The predicted molar refractivity (Wildman–Crippen MR) is 104 cm³/mol. The maximum Gasteiger partial charge on any atom is 0.269 e. The minimum absolute atomic E-state index is 0.0139. The number of carbonyl (C=O) groups is 1. The zero-order valence-corrected chi connectivity index (χ0v) is 14.6. The lowest BCUT2D eigenvalue weighted by Crippen LogP contribution is -2.34. The average molecular weight is 358 g/mol. The molecule has 5 nitrogen and oxygen atoms in total. The van der Waals surface area contributed by atoms with Crippen molar-refractivity contribution < 1.29 is 9.72 Å². The molecule has 0 bridgehead atoms. The Kier molecular flexibility index (Phi) is 4.42. The van der Waals surface area contributed by atoms with Crippen molar-refractivity contribution in [3.63, 3.8) is 0 Å². The van der Waals surface area contributed by atoms with Crippen molar-refractivity contribution in [3.8, 4) is 0 Å². The van der Waals surface area contributed by atoms with E-state index in [1.54, 1.807) is 17.0 Å². The van der Waals surface area contributed by atoms with Crippen LogP contribution in [0.5, 0.6) is 0 Å². The average Bonchev–Trinajstić information content (AvgIpc) is 3.13. The van der Waals surface area contributed by atoms with Crippen LogP contribution in [0.1, 0.15) is 22.6 Å². The second-order valence-corrected chi connectivity index (χ2v) is 6.56. The number of hydrogen-bond donors (Lipinski definition) is 0. The molecule has 0 fully saturated rings. The molecule has 27 heavy (non-hydrogen) atoms. The number of nitro benzene ring substituents is 1.